The molecule has 1 N–H and O–H groups in total. The predicted octanol–water partition coefficient (Wildman–Crippen LogP) is 3.42. The summed E-state index contributed by atoms with van der Waals surface area (Å²) >= 11 is 0. The van der Waals surface area contributed by atoms with E-state index in [1.54, 1.807) is 0 Å². The zero-order chi connectivity index (χ0) is 12.8. The van der Waals surface area contributed by atoms with E-state index in [1.807, 2.05) is 0 Å². The Labute approximate surface area is 114 Å². The highest BCUT2D eigenvalue weighted by molar-refractivity contribution is 4.90. The van der Waals surface area contributed by atoms with Crippen LogP contribution in [-0.4, -0.2) is 36.6 Å². The standard InChI is InChI=1S/C16H32N2/c1-3-17-15-10-9-14(2)13-16(15)18-11-7-5-4-6-8-12-18/h14-17H,3-13H2,1-2H3. The molecular weight excluding hydrogens is 220 g/mol. The Morgan fingerprint density at radius 3 is 2.33 bits per heavy atom. The molecule has 2 nitrogen and oxygen atoms in total. The molecule has 18 heavy (non-hydrogen) atoms. The van der Waals surface area contributed by atoms with Crippen molar-refractivity contribution in [2.75, 3.05) is 19.6 Å². The molecule has 1 heterocycles. The van der Waals surface area contributed by atoms with Gasteiger partial charge in [-0.25, -0.2) is 0 Å². The third-order valence-corrected chi connectivity index (χ3v) is 4.90. The zero-order valence-electron chi connectivity index (χ0n) is 12.5. The first kappa shape index (κ1) is 14.3. The molecule has 1 aliphatic carbocycles. The van der Waals surface area contributed by atoms with Gasteiger partial charge in [0.2, 0.25) is 0 Å². The summed E-state index contributed by atoms with van der Waals surface area (Å²) < 4.78 is 0. The molecule has 106 valence electrons. The van der Waals surface area contributed by atoms with Crippen molar-refractivity contribution in [2.45, 2.75) is 77.3 Å². The molecule has 0 amide bonds. The third kappa shape index (κ3) is 3.96. The van der Waals surface area contributed by atoms with Gasteiger partial charge in [0.25, 0.3) is 0 Å². The lowest BCUT2D eigenvalue weighted by Crippen LogP contribution is -2.53. The highest BCUT2D eigenvalue weighted by Crippen LogP contribution is 2.29. The quantitative estimate of drug-likeness (QED) is 0.828. The average Bonchev–Trinajstić information content (AvgIpc) is 2.32. The summed E-state index contributed by atoms with van der Waals surface area (Å²) in [6.45, 7) is 8.52. The largest absolute Gasteiger partial charge is 0.313 e. The molecule has 1 aliphatic heterocycles. The van der Waals surface area contributed by atoms with Crippen LogP contribution in [0.25, 0.3) is 0 Å². The maximum atomic E-state index is 3.75. The van der Waals surface area contributed by atoms with Crippen molar-refractivity contribution in [3.05, 3.63) is 0 Å². The van der Waals surface area contributed by atoms with Gasteiger partial charge in [0.15, 0.2) is 0 Å². The fraction of sp³-hybridized carbons (Fsp3) is 1.00. The van der Waals surface area contributed by atoms with E-state index in [0.29, 0.717) is 0 Å². The number of nitrogens with one attached hydrogen (secondary N) is 1. The van der Waals surface area contributed by atoms with E-state index in [4.69, 9.17) is 0 Å². The van der Waals surface area contributed by atoms with Crippen LogP contribution in [-0.2, 0) is 0 Å². The normalized spacial score (nSPS) is 36.0. The molecule has 0 aromatic carbocycles. The van der Waals surface area contributed by atoms with Gasteiger partial charge >= 0.3 is 0 Å². The van der Waals surface area contributed by atoms with Gasteiger partial charge in [-0.05, 0) is 57.7 Å². The fourth-order valence-corrected chi connectivity index (χ4v) is 3.86. The van der Waals surface area contributed by atoms with Gasteiger partial charge in [0.05, 0.1) is 0 Å². The number of likely N-dealkylation sites (N-methyl/N-ethyl adjacent to an activating group) is 1. The molecule has 0 aromatic rings. The number of hydrogen-bond donors (Lipinski definition) is 1. The van der Waals surface area contributed by atoms with Crippen LogP contribution in [0.1, 0.15) is 65.2 Å². The number of hydrogen-bond acceptors (Lipinski definition) is 2. The predicted molar refractivity (Wildman–Crippen MR) is 78.9 cm³/mol. The summed E-state index contributed by atoms with van der Waals surface area (Å²) in [7, 11) is 0. The van der Waals surface area contributed by atoms with Crippen molar-refractivity contribution in [3.8, 4) is 0 Å². The molecule has 2 heteroatoms. The van der Waals surface area contributed by atoms with E-state index in [1.165, 1.54) is 64.5 Å². The van der Waals surface area contributed by atoms with Crippen LogP contribution in [0.2, 0.25) is 0 Å². The summed E-state index contributed by atoms with van der Waals surface area (Å²) in [5.41, 5.74) is 0. The van der Waals surface area contributed by atoms with E-state index in [-0.39, 0.29) is 0 Å². The monoisotopic (exact) mass is 252 g/mol. The van der Waals surface area contributed by atoms with Gasteiger partial charge in [-0.1, -0.05) is 33.1 Å². The summed E-state index contributed by atoms with van der Waals surface area (Å²) in [4.78, 5) is 2.82. The average molecular weight is 252 g/mol. The summed E-state index contributed by atoms with van der Waals surface area (Å²) in [6, 6.07) is 1.57. The Kier molecular flexibility index (Phi) is 5.97. The van der Waals surface area contributed by atoms with Crippen molar-refractivity contribution < 1.29 is 0 Å². The fourth-order valence-electron chi connectivity index (χ4n) is 3.86. The van der Waals surface area contributed by atoms with E-state index >= 15 is 0 Å². The first-order valence-electron chi connectivity index (χ1n) is 8.28. The van der Waals surface area contributed by atoms with Crippen LogP contribution in [0.3, 0.4) is 0 Å². The topological polar surface area (TPSA) is 15.3 Å². The molecule has 2 rings (SSSR count). The molecule has 2 aliphatic rings. The summed E-state index contributed by atoms with van der Waals surface area (Å²) in [6.07, 6.45) is 11.4. The lowest BCUT2D eigenvalue weighted by Gasteiger charge is -2.43. The van der Waals surface area contributed by atoms with E-state index in [0.717, 1.165) is 24.5 Å². The molecule has 1 saturated carbocycles. The highest BCUT2D eigenvalue weighted by atomic mass is 15.2. The van der Waals surface area contributed by atoms with Gasteiger partial charge in [0, 0.05) is 12.1 Å². The first-order chi connectivity index (χ1) is 8.81. The minimum absolute atomic E-state index is 0.755. The molecule has 3 unspecified atom stereocenters. The lowest BCUT2D eigenvalue weighted by atomic mass is 9.82. The highest BCUT2D eigenvalue weighted by Gasteiger charge is 2.32. The van der Waals surface area contributed by atoms with Crippen LogP contribution < -0.4 is 5.32 Å². The van der Waals surface area contributed by atoms with Gasteiger partial charge in [0.1, 0.15) is 0 Å². The Morgan fingerprint density at radius 1 is 1.00 bits per heavy atom. The van der Waals surface area contributed by atoms with E-state index in [2.05, 4.69) is 24.1 Å². The molecule has 3 atom stereocenters. The van der Waals surface area contributed by atoms with Crippen molar-refractivity contribution in [2.24, 2.45) is 5.92 Å². The van der Waals surface area contributed by atoms with Crippen molar-refractivity contribution in [3.63, 3.8) is 0 Å². The minimum atomic E-state index is 0.755. The van der Waals surface area contributed by atoms with E-state index in [9.17, 15) is 0 Å². The van der Waals surface area contributed by atoms with Gasteiger partial charge < -0.3 is 5.32 Å². The van der Waals surface area contributed by atoms with Crippen molar-refractivity contribution in [1.82, 2.24) is 10.2 Å². The van der Waals surface area contributed by atoms with Crippen LogP contribution >= 0.6 is 0 Å². The van der Waals surface area contributed by atoms with Crippen LogP contribution in [0.15, 0.2) is 0 Å². The Balaban J connectivity index is 1.95. The van der Waals surface area contributed by atoms with Crippen LogP contribution in [0, 0.1) is 5.92 Å². The number of nitrogens with zero attached hydrogens (tertiary/aromatic N) is 1. The summed E-state index contributed by atoms with van der Waals surface area (Å²) in [5, 5.41) is 3.75. The molecule has 1 saturated heterocycles. The Bertz CT molecular complexity index is 221. The SMILES string of the molecule is CCNC1CCC(C)CC1N1CCCCCCC1. The lowest BCUT2D eigenvalue weighted by molar-refractivity contribution is 0.0935. The van der Waals surface area contributed by atoms with E-state index < -0.39 is 0 Å². The van der Waals surface area contributed by atoms with Gasteiger partial charge in [-0.2, -0.15) is 0 Å². The van der Waals surface area contributed by atoms with Crippen molar-refractivity contribution >= 4 is 0 Å². The molecule has 0 bridgehead atoms. The summed E-state index contributed by atoms with van der Waals surface area (Å²) in [5.74, 6) is 0.926. The molecule has 0 radical (unpaired) electrons. The van der Waals surface area contributed by atoms with Crippen LogP contribution in [0.5, 0.6) is 0 Å². The molecule has 2 fully saturated rings. The molecular formula is C16H32N2. The smallest absolute Gasteiger partial charge is 0.0251 e. The van der Waals surface area contributed by atoms with Crippen molar-refractivity contribution in [1.29, 1.82) is 0 Å². The van der Waals surface area contributed by atoms with Crippen LogP contribution in [0.4, 0.5) is 0 Å². The second kappa shape index (κ2) is 7.49. The minimum Gasteiger partial charge on any atom is -0.313 e. The number of rotatable bonds is 3. The molecule has 0 aromatic heterocycles. The first-order valence-corrected chi connectivity index (χ1v) is 8.28. The second-order valence-electron chi connectivity index (χ2n) is 6.45. The third-order valence-electron chi connectivity index (χ3n) is 4.90. The second-order valence-corrected chi connectivity index (χ2v) is 6.45. The Hall–Kier alpha value is -0.0800. The number of likely N-dealkylation sites (tertiary alicyclic amines) is 1. The molecule has 0 spiro atoms. The maximum absolute atomic E-state index is 3.75. The van der Waals surface area contributed by atoms with Gasteiger partial charge in [-0.15, -0.1) is 0 Å². The Morgan fingerprint density at radius 2 is 1.67 bits per heavy atom. The maximum Gasteiger partial charge on any atom is 0.0251 e. The van der Waals surface area contributed by atoms with Gasteiger partial charge in [-0.3, -0.25) is 4.90 Å². The zero-order valence-corrected chi connectivity index (χ0v) is 12.5.